The van der Waals surface area contributed by atoms with Gasteiger partial charge in [0.25, 0.3) is 5.69 Å². The molecule has 0 radical (unpaired) electrons. The monoisotopic (exact) mass is 250 g/mol. The number of nitriles is 1. The average Bonchev–Trinajstić information content (AvgIpc) is 2.36. The Bertz CT molecular complexity index is 549. The number of nitro benzene ring substituents is 1. The number of methoxy groups -OCH3 is 1. The van der Waals surface area contributed by atoms with Crippen molar-refractivity contribution in [2.45, 2.75) is 12.3 Å². The first kappa shape index (κ1) is 13.4. The molecule has 0 heterocycles. The van der Waals surface area contributed by atoms with Crippen LogP contribution in [0.3, 0.4) is 0 Å². The molecule has 0 bridgehead atoms. The molecule has 0 amide bonds. The van der Waals surface area contributed by atoms with Crippen LogP contribution in [0.2, 0.25) is 0 Å². The highest BCUT2D eigenvalue weighted by Gasteiger charge is 2.41. The van der Waals surface area contributed by atoms with Crippen LogP contribution in [0.1, 0.15) is 12.5 Å². The molecule has 0 spiro atoms. The third-order valence-corrected chi connectivity index (χ3v) is 2.59. The predicted molar refractivity (Wildman–Crippen MR) is 60.2 cm³/mol. The van der Waals surface area contributed by atoms with E-state index in [0.29, 0.717) is 0 Å². The summed E-state index contributed by atoms with van der Waals surface area (Å²) in [4.78, 5) is 21.3. The van der Waals surface area contributed by atoms with E-state index in [9.17, 15) is 14.9 Å². The molecule has 0 aliphatic rings. The average molecular weight is 250 g/mol. The molecule has 0 saturated carbocycles. The largest absolute Gasteiger partial charge is 0.497 e. The molecular weight excluding hydrogens is 240 g/mol. The molecule has 1 aromatic rings. The highest BCUT2D eigenvalue weighted by atomic mass is 16.6. The van der Waals surface area contributed by atoms with Crippen LogP contribution in [0.4, 0.5) is 5.69 Å². The Kier molecular flexibility index (Phi) is 3.52. The van der Waals surface area contributed by atoms with Gasteiger partial charge >= 0.3 is 5.97 Å². The molecule has 1 atom stereocenters. The Morgan fingerprint density at radius 1 is 1.61 bits per heavy atom. The van der Waals surface area contributed by atoms with Crippen molar-refractivity contribution in [3.05, 3.63) is 33.9 Å². The second-order valence-corrected chi connectivity index (χ2v) is 3.68. The van der Waals surface area contributed by atoms with Gasteiger partial charge in [-0.05, 0) is 19.1 Å². The maximum Gasteiger partial charge on any atom is 0.328 e. The molecule has 1 N–H and O–H groups in total. The zero-order valence-electron chi connectivity index (χ0n) is 9.71. The molecule has 7 nitrogen and oxygen atoms in total. The first-order valence-electron chi connectivity index (χ1n) is 4.84. The number of hydrogen-bond donors (Lipinski definition) is 1. The third kappa shape index (κ3) is 2.08. The minimum Gasteiger partial charge on any atom is -0.497 e. The van der Waals surface area contributed by atoms with Gasteiger partial charge < -0.3 is 9.84 Å². The summed E-state index contributed by atoms with van der Waals surface area (Å²) < 4.78 is 4.83. The summed E-state index contributed by atoms with van der Waals surface area (Å²) in [5.41, 5.74) is -2.61. The van der Waals surface area contributed by atoms with Gasteiger partial charge in [-0.2, -0.15) is 5.26 Å². The van der Waals surface area contributed by atoms with Crippen LogP contribution in [0.15, 0.2) is 18.2 Å². The fourth-order valence-corrected chi connectivity index (χ4v) is 1.44. The first-order chi connectivity index (χ1) is 8.36. The van der Waals surface area contributed by atoms with Crippen molar-refractivity contribution < 1.29 is 19.6 Å². The summed E-state index contributed by atoms with van der Waals surface area (Å²) in [6.45, 7) is 1.12. The zero-order valence-corrected chi connectivity index (χ0v) is 9.71. The van der Waals surface area contributed by atoms with Crippen LogP contribution in [0.25, 0.3) is 0 Å². The Morgan fingerprint density at radius 2 is 2.22 bits per heavy atom. The second-order valence-electron chi connectivity index (χ2n) is 3.68. The quantitative estimate of drug-likeness (QED) is 0.639. The van der Waals surface area contributed by atoms with Crippen LogP contribution < -0.4 is 4.74 Å². The maximum absolute atomic E-state index is 11.1. The molecule has 0 aliphatic carbocycles. The zero-order chi connectivity index (χ0) is 13.9. The number of carboxylic acid groups (broad SMARTS) is 1. The van der Waals surface area contributed by atoms with Gasteiger partial charge in [0.05, 0.1) is 29.7 Å². The third-order valence-electron chi connectivity index (χ3n) is 2.59. The predicted octanol–water partition coefficient (Wildman–Crippen LogP) is 1.47. The minimum atomic E-state index is -1.98. The van der Waals surface area contributed by atoms with E-state index < -0.39 is 22.0 Å². The van der Waals surface area contributed by atoms with E-state index in [2.05, 4.69) is 0 Å². The van der Waals surface area contributed by atoms with Crippen LogP contribution in [0, 0.1) is 21.4 Å². The molecular formula is C11H10N2O5. The van der Waals surface area contributed by atoms with Crippen molar-refractivity contribution in [3.63, 3.8) is 0 Å². The van der Waals surface area contributed by atoms with Crippen LogP contribution in [-0.4, -0.2) is 23.1 Å². The van der Waals surface area contributed by atoms with Gasteiger partial charge in [-0.25, -0.2) is 0 Å². The molecule has 0 fully saturated rings. The van der Waals surface area contributed by atoms with Crippen molar-refractivity contribution in [2.24, 2.45) is 0 Å². The van der Waals surface area contributed by atoms with Gasteiger partial charge in [0.1, 0.15) is 5.75 Å². The van der Waals surface area contributed by atoms with E-state index in [1.54, 1.807) is 6.07 Å². The van der Waals surface area contributed by atoms with E-state index in [1.807, 2.05) is 0 Å². The van der Waals surface area contributed by atoms with Gasteiger partial charge in [-0.15, -0.1) is 0 Å². The Labute approximate surface area is 102 Å². The number of carbonyl (C=O) groups is 1. The SMILES string of the molecule is COc1ccc(C(C)(C#N)C(=O)O)c([N+](=O)[O-])c1. The van der Waals surface area contributed by atoms with Crippen molar-refractivity contribution in [1.29, 1.82) is 5.26 Å². The smallest absolute Gasteiger partial charge is 0.328 e. The van der Waals surface area contributed by atoms with Gasteiger partial charge in [-0.1, -0.05) is 0 Å². The minimum absolute atomic E-state index is 0.177. The number of benzene rings is 1. The van der Waals surface area contributed by atoms with E-state index in [4.69, 9.17) is 15.1 Å². The van der Waals surface area contributed by atoms with E-state index >= 15 is 0 Å². The molecule has 0 saturated heterocycles. The summed E-state index contributed by atoms with van der Waals surface area (Å²) in [5, 5.41) is 28.9. The van der Waals surface area contributed by atoms with Crippen LogP contribution in [0.5, 0.6) is 5.75 Å². The van der Waals surface area contributed by atoms with E-state index in [-0.39, 0.29) is 11.3 Å². The Balaban J connectivity index is 3.55. The summed E-state index contributed by atoms with van der Waals surface area (Å²) >= 11 is 0. The number of hydrogen-bond acceptors (Lipinski definition) is 5. The fourth-order valence-electron chi connectivity index (χ4n) is 1.44. The lowest BCUT2D eigenvalue weighted by atomic mass is 9.83. The van der Waals surface area contributed by atoms with Crippen molar-refractivity contribution >= 4 is 11.7 Å². The summed E-state index contributed by atoms with van der Waals surface area (Å²) in [7, 11) is 1.33. The molecule has 0 aliphatic heterocycles. The molecule has 0 aromatic heterocycles. The number of carboxylic acids is 1. The highest BCUT2D eigenvalue weighted by molar-refractivity contribution is 5.86. The molecule has 18 heavy (non-hydrogen) atoms. The van der Waals surface area contributed by atoms with E-state index in [1.165, 1.54) is 19.2 Å². The molecule has 1 aromatic carbocycles. The topological polar surface area (TPSA) is 113 Å². The van der Waals surface area contributed by atoms with Crippen LogP contribution >= 0.6 is 0 Å². The molecule has 1 rings (SSSR count). The summed E-state index contributed by atoms with van der Waals surface area (Å²) in [6, 6.07) is 5.27. The molecule has 7 heteroatoms. The summed E-state index contributed by atoms with van der Waals surface area (Å²) in [6.07, 6.45) is 0. The van der Waals surface area contributed by atoms with E-state index in [0.717, 1.165) is 13.0 Å². The number of ether oxygens (including phenoxy) is 1. The first-order valence-corrected chi connectivity index (χ1v) is 4.84. The number of nitrogens with zero attached hydrogens (tertiary/aromatic N) is 2. The van der Waals surface area contributed by atoms with Crippen molar-refractivity contribution in [1.82, 2.24) is 0 Å². The maximum atomic E-state index is 11.1. The standard InChI is InChI=1S/C11H10N2O5/c1-11(6-12,10(14)15)8-4-3-7(18-2)5-9(8)13(16)17/h3-5H,1-2H3,(H,14,15). The molecule has 94 valence electrons. The van der Waals surface area contributed by atoms with Crippen LogP contribution in [-0.2, 0) is 10.2 Å². The lowest BCUT2D eigenvalue weighted by molar-refractivity contribution is -0.385. The highest BCUT2D eigenvalue weighted by Crippen LogP contribution is 2.34. The molecule has 1 unspecified atom stereocenters. The second kappa shape index (κ2) is 4.71. The lowest BCUT2D eigenvalue weighted by Crippen LogP contribution is -2.31. The number of rotatable bonds is 4. The Morgan fingerprint density at radius 3 is 2.61 bits per heavy atom. The van der Waals surface area contributed by atoms with Gasteiger partial charge in [0.2, 0.25) is 0 Å². The van der Waals surface area contributed by atoms with Crippen molar-refractivity contribution in [3.8, 4) is 11.8 Å². The Hall–Kier alpha value is -2.62. The number of nitro groups is 1. The lowest BCUT2D eigenvalue weighted by Gasteiger charge is -2.16. The fraction of sp³-hybridized carbons (Fsp3) is 0.273. The van der Waals surface area contributed by atoms with Gasteiger partial charge in [0, 0.05) is 0 Å². The summed E-state index contributed by atoms with van der Waals surface area (Å²) in [5.74, 6) is -1.23. The van der Waals surface area contributed by atoms with Gasteiger partial charge in [-0.3, -0.25) is 14.9 Å². The van der Waals surface area contributed by atoms with Crippen molar-refractivity contribution in [2.75, 3.05) is 7.11 Å². The number of aliphatic carboxylic acids is 1. The van der Waals surface area contributed by atoms with Gasteiger partial charge in [0.15, 0.2) is 5.41 Å². The normalized spacial score (nSPS) is 13.2.